The van der Waals surface area contributed by atoms with Crippen LogP contribution in [-0.2, 0) is 11.3 Å². The van der Waals surface area contributed by atoms with Crippen LogP contribution in [0, 0.1) is 0 Å². The molecule has 0 atom stereocenters. The van der Waals surface area contributed by atoms with Crippen LogP contribution in [0.4, 0.5) is 5.69 Å². The molecule has 6 heteroatoms. The number of amides is 1. The van der Waals surface area contributed by atoms with Gasteiger partial charge in [0, 0.05) is 36.8 Å². The van der Waals surface area contributed by atoms with Gasteiger partial charge in [0.1, 0.15) is 5.52 Å². The zero-order valence-corrected chi connectivity index (χ0v) is 13.7. The molecule has 6 nitrogen and oxygen atoms in total. The van der Waals surface area contributed by atoms with Crippen LogP contribution in [0.15, 0.2) is 51.8 Å². The summed E-state index contributed by atoms with van der Waals surface area (Å²) in [5.41, 5.74) is 1.97. The van der Waals surface area contributed by atoms with E-state index in [9.17, 15) is 9.59 Å². The summed E-state index contributed by atoms with van der Waals surface area (Å²) in [6, 6.07) is 10.3. The highest BCUT2D eigenvalue weighted by molar-refractivity contribution is 5.92. The number of carbonyl (C=O) groups excluding carboxylic acids is 1. The van der Waals surface area contributed by atoms with E-state index in [-0.39, 0.29) is 23.8 Å². The maximum atomic E-state index is 12.1. The van der Waals surface area contributed by atoms with Crippen molar-refractivity contribution in [2.75, 3.05) is 5.32 Å². The minimum Gasteiger partial charge on any atom is -0.440 e. The Balaban J connectivity index is 1.67. The van der Waals surface area contributed by atoms with Crippen molar-refractivity contribution in [3.05, 3.63) is 58.8 Å². The van der Waals surface area contributed by atoms with Crippen LogP contribution in [0.1, 0.15) is 32.1 Å². The molecule has 0 aliphatic heterocycles. The highest BCUT2D eigenvalue weighted by atomic mass is 16.3. The van der Waals surface area contributed by atoms with Crippen LogP contribution in [0.5, 0.6) is 0 Å². The Morgan fingerprint density at radius 3 is 2.88 bits per heavy atom. The van der Waals surface area contributed by atoms with E-state index in [1.165, 1.54) is 10.6 Å². The molecule has 0 aliphatic rings. The molecular weight excluding hydrogens is 306 g/mol. The van der Waals surface area contributed by atoms with Gasteiger partial charge in [0.15, 0.2) is 11.5 Å². The van der Waals surface area contributed by atoms with Crippen LogP contribution in [0.3, 0.4) is 0 Å². The number of hydrogen-bond donors (Lipinski definition) is 1. The molecule has 0 radical (unpaired) electrons. The normalized spacial score (nSPS) is 11.1. The van der Waals surface area contributed by atoms with Gasteiger partial charge in [-0.3, -0.25) is 9.59 Å². The summed E-state index contributed by atoms with van der Waals surface area (Å²) >= 11 is 0. The van der Waals surface area contributed by atoms with E-state index in [1.54, 1.807) is 36.5 Å². The molecule has 0 spiro atoms. The lowest BCUT2D eigenvalue weighted by atomic mass is 10.2. The molecule has 1 N–H and O–H groups in total. The Hall–Kier alpha value is -2.89. The predicted molar refractivity (Wildman–Crippen MR) is 92.0 cm³/mol. The number of nitrogens with zero attached hydrogens (tertiary/aromatic N) is 2. The van der Waals surface area contributed by atoms with Gasteiger partial charge in [-0.05, 0) is 24.3 Å². The molecule has 0 saturated carbocycles. The first-order valence-electron chi connectivity index (χ1n) is 7.89. The molecule has 0 saturated heterocycles. The third-order valence-corrected chi connectivity index (χ3v) is 3.66. The summed E-state index contributed by atoms with van der Waals surface area (Å²) in [4.78, 5) is 28.1. The Kier molecular flexibility index (Phi) is 4.46. The van der Waals surface area contributed by atoms with Crippen LogP contribution in [0.25, 0.3) is 11.1 Å². The first-order chi connectivity index (χ1) is 11.5. The molecule has 1 amide bonds. The van der Waals surface area contributed by atoms with Gasteiger partial charge in [-0.25, -0.2) is 4.98 Å². The number of aryl methyl sites for hydroxylation is 1. The molecule has 1 aromatic carbocycles. The van der Waals surface area contributed by atoms with Crippen LogP contribution in [0.2, 0.25) is 0 Å². The number of benzene rings is 1. The van der Waals surface area contributed by atoms with Crippen molar-refractivity contribution in [1.82, 2.24) is 9.55 Å². The molecule has 2 aromatic heterocycles. The lowest BCUT2D eigenvalue weighted by Crippen LogP contribution is -2.21. The molecule has 2 heterocycles. The van der Waals surface area contributed by atoms with Crippen molar-refractivity contribution in [2.24, 2.45) is 0 Å². The monoisotopic (exact) mass is 325 g/mol. The zero-order chi connectivity index (χ0) is 17.1. The van der Waals surface area contributed by atoms with Gasteiger partial charge in [-0.2, -0.15) is 0 Å². The van der Waals surface area contributed by atoms with Crippen molar-refractivity contribution in [1.29, 1.82) is 0 Å². The van der Waals surface area contributed by atoms with Crippen molar-refractivity contribution >= 4 is 22.7 Å². The molecule has 124 valence electrons. The second-order valence-corrected chi connectivity index (χ2v) is 5.92. The van der Waals surface area contributed by atoms with E-state index in [1.807, 2.05) is 13.8 Å². The lowest BCUT2D eigenvalue weighted by molar-refractivity contribution is -0.116. The van der Waals surface area contributed by atoms with Crippen molar-refractivity contribution in [3.8, 4) is 0 Å². The summed E-state index contributed by atoms with van der Waals surface area (Å²) in [6.07, 6.45) is 1.89. The summed E-state index contributed by atoms with van der Waals surface area (Å²) < 4.78 is 7.16. The minimum atomic E-state index is -0.155. The average molecular weight is 325 g/mol. The maximum Gasteiger partial charge on any atom is 0.250 e. The Bertz CT molecular complexity index is 924. The van der Waals surface area contributed by atoms with Crippen LogP contribution < -0.4 is 10.9 Å². The largest absolute Gasteiger partial charge is 0.440 e. The summed E-state index contributed by atoms with van der Waals surface area (Å²) in [5, 5.41) is 2.83. The van der Waals surface area contributed by atoms with E-state index in [4.69, 9.17) is 4.42 Å². The minimum absolute atomic E-state index is 0.115. The predicted octanol–water partition coefficient (Wildman–Crippen LogP) is 3.14. The number of oxazole rings is 1. The summed E-state index contributed by atoms with van der Waals surface area (Å²) in [7, 11) is 0. The Labute approximate surface area is 139 Å². The third-order valence-electron chi connectivity index (χ3n) is 3.66. The van der Waals surface area contributed by atoms with Gasteiger partial charge in [-0.1, -0.05) is 19.9 Å². The first kappa shape index (κ1) is 16.0. The molecule has 0 fully saturated rings. The number of anilines is 1. The van der Waals surface area contributed by atoms with Gasteiger partial charge in [-0.15, -0.1) is 0 Å². The molecule has 0 unspecified atom stereocenters. The van der Waals surface area contributed by atoms with Gasteiger partial charge in [0.25, 0.3) is 5.56 Å². The van der Waals surface area contributed by atoms with Gasteiger partial charge >= 0.3 is 0 Å². The molecule has 3 aromatic rings. The van der Waals surface area contributed by atoms with E-state index in [2.05, 4.69) is 10.3 Å². The maximum absolute atomic E-state index is 12.1. The topological polar surface area (TPSA) is 77.1 Å². The van der Waals surface area contributed by atoms with Crippen LogP contribution in [-0.4, -0.2) is 15.5 Å². The van der Waals surface area contributed by atoms with Crippen molar-refractivity contribution in [3.63, 3.8) is 0 Å². The van der Waals surface area contributed by atoms with E-state index >= 15 is 0 Å². The summed E-state index contributed by atoms with van der Waals surface area (Å²) in [5.74, 6) is 0.731. The smallest absolute Gasteiger partial charge is 0.250 e. The molecule has 3 rings (SSSR count). The number of carbonyl (C=O) groups is 1. The van der Waals surface area contributed by atoms with E-state index < -0.39 is 0 Å². The number of hydrogen-bond acceptors (Lipinski definition) is 4. The standard InChI is InChI=1S/C18H19N3O3/c1-12(2)18-20-14-11-13(6-7-15(14)24-18)19-16(22)8-10-21-9-4-3-5-17(21)23/h3-7,9,11-12H,8,10H2,1-2H3,(H,19,22). The number of rotatable bonds is 5. The molecule has 0 bridgehead atoms. The Morgan fingerprint density at radius 1 is 1.29 bits per heavy atom. The van der Waals surface area contributed by atoms with Gasteiger partial charge in [0.2, 0.25) is 5.91 Å². The zero-order valence-electron chi connectivity index (χ0n) is 13.7. The fourth-order valence-corrected chi connectivity index (χ4v) is 2.36. The second kappa shape index (κ2) is 6.70. The fraction of sp³-hybridized carbons (Fsp3) is 0.278. The van der Waals surface area contributed by atoms with Crippen molar-refractivity contribution in [2.45, 2.75) is 32.7 Å². The number of nitrogens with one attached hydrogen (secondary N) is 1. The van der Waals surface area contributed by atoms with E-state index in [0.717, 1.165) is 5.52 Å². The van der Waals surface area contributed by atoms with Gasteiger partial charge in [0.05, 0.1) is 0 Å². The molecular formula is C18H19N3O3. The first-order valence-corrected chi connectivity index (χ1v) is 7.89. The van der Waals surface area contributed by atoms with Gasteiger partial charge < -0.3 is 14.3 Å². The Morgan fingerprint density at radius 2 is 2.12 bits per heavy atom. The fourth-order valence-electron chi connectivity index (χ4n) is 2.36. The molecule has 24 heavy (non-hydrogen) atoms. The van der Waals surface area contributed by atoms with Crippen molar-refractivity contribution < 1.29 is 9.21 Å². The summed E-state index contributed by atoms with van der Waals surface area (Å²) in [6.45, 7) is 4.37. The third kappa shape index (κ3) is 3.53. The quantitative estimate of drug-likeness (QED) is 0.782. The van der Waals surface area contributed by atoms with Crippen LogP contribution >= 0.6 is 0 Å². The average Bonchev–Trinajstić information content (AvgIpc) is 2.98. The number of aromatic nitrogens is 2. The second-order valence-electron chi connectivity index (χ2n) is 5.92. The highest BCUT2D eigenvalue weighted by Crippen LogP contribution is 2.23. The lowest BCUT2D eigenvalue weighted by Gasteiger charge is -2.06. The SMILES string of the molecule is CC(C)c1nc2cc(NC(=O)CCn3ccccc3=O)ccc2o1. The highest BCUT2D eigenvalue weighted by Gasteiger charge is 2.10. The number of pyridine rings is 1. The van der Waals surface area contributed by atoms with E-state index in [0.29, 0.717) is 23.7 Å². The number of fused-ring (bicyclic) bond motifs is 1. The molecule has 0 aliphatic carbocycles.